The third-order valence-electron chi connectivity index (χ3n) is 9.00. The predicted molar refractivity (Wildman–Crippen MR) is 154 cm³/mol. The fraction of sp³-hybridized carbons (Fsp3) is 0.567. The van der Waals surface area contributed by atoms with E-state index in [2.05, 4.69) is 40.2 Å². The molecule has 11 heteroatoms. The molecular formula is C30H41N7O4. The van der Waals surface area contributed by atoms with Crippen molar-refractivity contribution in [2.45, 2.75) is 76.4 Å². The summed E-state index contributed by atoms with van der Waals surface area (Å²) >= 11 is 0. The Kier molecular flexibility index (Phi) is 8.06. The van der Waals surface area contributed by atoms with Gasteiger partial charge in [-0.25, -0.2) is 4.79 Å². The fourth-order valence-electron chi connectivity index (χ4n) is 6.60. The number of amides is 5. The molecule has 0 spiro atoms. The highest BCUT2D eigenvalue weighted by Crippen LogP contribution is 2.38. The quantitative estimate of drug-likeness (QED) is 0.391. The standard InChI is InChI=1S/C30H41N7O4/c1-18(2)24-17-37(29(41)34-24)30(28(40)31-3)13-20-10-11-23(12-21(20)14-30)33-27(39)25(19-8-6-5-7-9-19)35-26(38)22-15-32-36(4)16-22/h10-12,15-16,18-19,24-25H,5-9,13-14,17H2,1-4H3,(H,31,40)(H,33,39)(H,34,41)(H,35,38)/t24-,25-,30?/m0/s1. The summed E-state index contributed by atoms with van der Waals surface area (Å²) in [6.07, 6.45) is 8.82. The van der Waals surface area contributed by atoms with Gasteiger partial charge in [-0.15, -0.1) is 0 Å². The molecule has 2 fully saturated rings. The van der Waals surface area contributed by atoms with Gasteiger partial charge in [0.25, 0.3) is 5.91 Å². The van der Waals surface area contributed by atoms with Crippen molar-refractivity contribution < 1.29 is 19.2 Å². The molecule has 1 aliphatic heterocycles. The zero-order valence-corrected chi connectivity index (χ0v) is 24.3. The Hall–Kier alpha value is -3.89. The largest absolute Gasteiger partial charge is 0.357 e. The molecule has 1 aromatic heterocycles. The number of fused-ring (bicyclic) bond motifs is 1. The first-order chi connectivity index (χ1) is 19.6. The molecule has 1 saturated carbocycles. The van der Waals surface area contributed by atoms with E-state index in [1.54, 1.807) is 29.9 Å². The Morgan fingerprint density at radius 2 is 1.83 bits per heavy atom. The zero-order chi connectivity index (χ0) is 29.3. The van der Waals surface area contributed by atoms with Crippen molar-refractivity contribution in [2.24, 2.45) is 18.9 Å². The monoisotopic (exact) mass is 563 g/mol. The van der Waals surface area contributed by atoms with E-state index in [1.165, 1.54) is 6.20 Å². The lowest BCUT2D eigenvalue weighted by Crippen LogP contribution is -2.60. The summed E-state index contributed by atoms with van der Waals surface area (Å²) in [5.41, 5.74) is 1.87. The van der Waals surface area contributed by atoms with E-state index >= 15 is 0 Å². The number of aromatic nitrogens is 2. The van der Waals surface area contributed by atoms with E-state index in [9.17, 15) is 19.2 Å². The van der Waals surface area contributed by atoms with Gasteiger partial charge in [0, 0.05) is 45.4 Å². The maximum atomic E-state index is 13.6. The van der Waals surface area contributed by atoms with E-state index in [0.717, 1.165) is 43.2 Å². The number of carbonyl (C=O) groups excluding carboxylic acids is 4. The van der Waals surface area contributed by atoms with Gasteiger partial charge in [0.15, 0.2) is 0 Å². The molecule has 2 heterocycles. The number of benzene rings is 1. The number of anilines is 1. The number of hydrogen-bond acceptors (Lipinski definition) is 5. The summed E-state index contributed by atoms with van der Waals surface area (Å²) in [5, 5.41) is 15.9. The van der Waals surface area contributed by atoms with E-state index in [-0.39, 0.29) is 41.6 Å². The number of rotatable bonds is 8. The molecule has 1 aromatic carbocycles. The fourth-order valence-corrected chi connectivity index (χ4v) is 6.60. The van der Waals surface area contributed by atoms with Gasteiger partial charge in [-0.2, -0.15) is 5.10 Å². The van der Waals surface area contributed by atoms with Crippen molar-refractivity contribution in [3.8, 4) is 0 Å². The Morgan fingerprint density at radius 3 is 2.46 bits per heavy atom. The van der Waals surface area contributed by atoms with Crippen LogP contribution < -0.4 is 21.3 Å². The van der Waals surface area contributed by atoms with Gasteiger partial charge in [-0.1, -0.05) is 39.2 Å². The van der Waals surface area contributed by atoms with Gasteiger partial charge in [0.05, 0.1) is 17.8 Å². The average molecular weight is 564 g/mol. The van der Waals surface area contributed by atoms with Gasteiger partial charge in [-0.3, -0.25) is 19.1 Å². The third-order valence-corrected chi connectivity index (χ3v) is 9.00. The summed E-state index contributed by atoms with van der Waals surface area (Å²) in [4.78, 5) is 54.6. The molecule has 11 nitrogen and oxygen atoms in total. The Morgan fingerprint density at radius 1 is 1.10 bits per heavy atom. The second-order valence-electron chi connectivity index (χ2n) is 12.1. The molecular weight excluding hydrogens is 522 g/mol. The summed E-state index contributed by atoms with van der Waals surface area (Å²) in [6.45, 7) is 4.57. The molecule has 1 saturated heterocycles. The minimum atomic E-state index is -1.03. The van der Waals surface area contributed by atoms with Crippen molar-refractivity contribution in [3.05, 3.63) is 47.3 Å². The smallest absolute Gasteiger partial charge is 0.318 e. The third kappa shape index (κ3) is 5.67. The van der Waals surface area contributed by atoms with Gasteiger partial charge in [0.2, 0.25) is 11.8 Å². The molecule has 5 rings (SSSR count). The zero-order valence-electron chi connectivity index (χ0n) is 24.3. The highest BCUT2D eigenvalue weighted by molar-refractivity contribution is 6.01. The first-order valence-corrected chi connectivity index (χ1v) is 14.6. The summed E-state index contributed by atoms with van der Waals surface area (Å²) in [5.74, 6) is -0.497. The van der Waals surface area contributed by atoms with E-state index in [4.69, 9.17) is 0 Å². The second-order valence-corrected chi connectivity index (χ2v) is 12.1. The minimum absolute atomic E-state index is 0.0267. The van der Waals surface area contributed by atoms with Crippen LogP contribution in [-0.2, 0) is 29.5 Å². The average Bonchev–Trinajstić information content (AvgIpc) is 3.68. The predicted octanol–water partition coefficient (Wildman–Crippen LogP) is 2.37. The molecule has 0 radical (unpaired) electrons. The SMILES string of the molecule is CNC(=O)C1(N2C[C@@H](C(C)C)NC2=O)Cc2ccc(NC(=O)[C@@H](NC(=O)c3cnn(C)c3)C3CCCCC3)cc2C1. The van der Waals surface area contributed by atoms with Crippen LogP contribution in [0.3, 0.4) is 0 Å². The molecule has 0 bridgehead atoms. The van der Waals surface area contributed by atoms with Crippen molar-refractivity contribution in [1.82, 2.24) is 30.6 Å². The molecule has 41 heavy (non-hydrogen) atoms. The molecule has 5 amide bonds. The van der Waals surface area contributed by atoms with Crippen molar-refractivity contribution >= 4 is 29.4 Å². The Labute approximate surface area is 240 Å². The van der Waals surface area contributed by atoms with E-state index in [0.29, 0.717) is 30.6 Å². The van der Waals surface area contributed by atoms with Crippen LogP contribution in [0.1, 0.15) is 67.4 Å². The van der Waals surface area contributed by atoms with Gasteiger partial charge < -0.3 is 26.2 Å². The normalized spacial score (nSPS) is 23.2. The van der Waals surface area contributed by atoms with Crippen LogP contribution in [-0.4, -0.2) is 69.6 Å². The maximum Gasteiger partial charge on any atom is 0.318 e. The first kappa shape index (κ1) is 28.6. The number of urea groups is 1. The molecule has 4 N–H and O–H groups in total. The number of hydrogen-bond donors (Lipinski definition) is 4. The van der Waals surface area contributed by atoms with Crippen LogP contribution in [0.2, 0.25) is 0 Å². The number of nitrogens with zero attached hydrogens (tertiary/aromatic N) is 3. The van der Waals surface area contributed by atoms with Crippen molar-refractivity contribution in [2.75, 3.05) is 18.9 Å². The van der Waals surface area contributed by atoms with Crippen LogP contribution in [0.4, 0.5) is 10.5 Å². The summed E-state index contributed by atoms with van der Waals surface area (Å²) in [7, 11) is 3.34. The Bertz CT molecular complexity index is 1330. The molecule has 220 valence electrons. The number of carbonyl (C=O) groups is 4. The highest BCUT2D eigenvalue weighted by Gasteiger charge is 2.53. The Balaban J connectivity index is 1.35. The summed E-state index contributed by atoms with van der Waals surface area (Å²) in [6, 6.07) is 4.72. The van der Waals surface area contributed by atoms with Gasteiger partial charge >= 0.3 is 6.03 Å². The number of likely N-dealkylation sites (N-methyl/N-ethyl adjacent to an activating group) is 1. The second kappa shape index (κ2) is 11.5. The molecule has 2 aliphatic carbocycles. The van der Waals surface area contributed by atoms with Crippen molar-refractivity contribution in [3.63, 3.8) is 0 Å². The number of nitrogens with one attached hydrogen (secondary N) is 4. The highest BCUT2D eigenvalue weighted by atomic mass is 16.2. The molecule has 1 unspecified atom stereocenters. The van der Waals surface area contributed by atoms with E-state index in [1.807, 2.05) is 18.2 Å². The lowest BCUT2D eigenvalue weighted by atomic mass is 9.83. The molecule has 2 aromatic rings. The summed E-state index contributed by atoms with van der Waals surface area (Å²) < 4.78 is 1.56. The lowest BCUT2D eigenvalue weighted by Gasteiger charge is -2.36. The maximum absolute atomic E-state index is 13.6. The van der Waals surface area contributed by atoms with Crippen LogP contribution in [0, 0.1) is 11.8 Å². The molecule has 3 atom stereocenters. The number of aryl methyl sites for hydroxylation is 1. The lowest BCUT2D eigenvalue weighted by molar-refractivity contribution is -0.130. The van der Waals surface area contributed by atoms with Crippen molar-refractivity contribution in [1.29, 1.82) is 0 Å². The van der Waals surface area contributed by atoms with Gasteiger partial charge in [-0.05, 0) is 47.9 Å². The minimum Gasteiger partial charge on any atom is -0.357 e. The van der Waals surface area contributed by atoms with E-state index < -0.39 is 11.6 Å². The van der Waals surface area contributed by atoms with Gasteiger partial charge in [0.1, 0.15) is 11.6 Å². The van der Waals surface area contributed by atoms with Crippen LogP contribution in [0.15, 0.2) is 30.6 Å². The van der Waals surface area contributed by atoms with Crippen LogP contribution >= 0.6 is 0 Å². The first-order valence-electron chi connectivity index (χ1n) is 14.6. The van der Waals surface area contributed by atoms with Crippen LogP contribution in [0.5, 0.6) is 0 Å². The topological polar surface area (TPSA) is 137 Å². The molecule has 3 aliphatic rings. The van der Waals surface area contributed by atoms with Crippen LogP contribution in [0.25, 0.3) is 0 Å².